The van der Waals surface area contributed by atoms with Gasteiger partial charge in [0.2, 0.25) is 11.8 Å². The van der Waals surface area contributed by atoms with Gasteiger partial charge in [-0.1, -0.05) is 23.4 Å². The number of amides is 2. The molecule has 0 bridgehead atoms. The number of aryl methyl sites for hydroxylation is 1. The third-order valence-corrected chi connectivity index (χ3v) is 5.89. The maximum Gasteiger partial charge on any atom is 0.275 e. The normalized spacial score (nSPS) is 19.7. The highest BCUT2D eigenvalue weighted by Crippen LogP contribution is 2.33. The number of nitrogens with zero attached hydrogens (tertiary/aromatic N) is 6. The quantitative estimate of drug-likeness (QED) is 0.673. The molecule has 5 rings (SSSR count). The molecular weight excluding hydrogens is 372 g/mol. The van der Waals surface area contributed by atoms with Crippen molar-refractivity contribution >= 4 is 22.7 Å². The van der Waals surface area contributed by atoms with E-state index in [-0.39, 0.29) is 23.8 Å². The van der Waals surface area contributed by atoms with Crippen LogP contribution in [-0.2, 0) is 11.8 Å². The summed E-state index contributed by atoms with van der Waals surface area (Å²) < 4.78 is 7.18. The second-order valence-electron chi connectivity index (χ2n) is 7.76. The maximum atomic E-state index is 12.9. The molecule has 2 aliphatic heterocycles. The van der Waals surface area contributed by atoms with E-state index in [0.29, 0.717) is 30.5 Å². The first-order chi connectivity index (χ1) is 14.0. The molecule has 2 aromatic heterocycles. The fraction of sp³-hybridized carbons (Fsp3) is 0.450. The molecule has 1 aromatic carbocycles. The Labute approximate surface area is 167 Å². The zero-order chi connectivity index (χ0) is 20.1. The van der Waals surface area contributed by atoms with Crippen molar-refractivity contribution in [3.05, 3.63) is 41.7 Å². The number of benzene rings is 1. The Morgan fingerprint density at radius 1 is 1.21 bits per heavy atom. The number of hydrogen-bond acceptors (Lipinski definition) is 6. The summed E-state index contributed by atoms with van der Waals surface area (Å²) in [5.41, 5.74) is 1.40. The van der Waals surface area contributed by atoms with E-state index in [9.17, 15) is 9.59 Å². The molecule has 29 heavy (non-hydrogen) atoms. The molecule has 150 valence electrons. The lowest BCUT2D eigenvalue weighted by Crippen LogP contribution is -2.49. The zero-order valence-corrected chi connectivity index (χ0v) is 16.4. The predicted octanol–water partition coefficient (Wildman–Crippen LogP) is 1.88. The van der Waals surface area contributed by atoms with Crippen LogP contribution in [0.3, 0.4) is 0 Å². The minimum absolute atomic E-state index is 0.0234. The predicted molar refractivity (Wildman–Crippen MR) is 103 cm³/mol. The molecule has 0 N–H and O–H groups in total. The first-order valence-electron chi connectivity index (χ1n) is 9.84. The largest absolute Gasteiger partial charge is 0.337 e. The van der Waals surface area contributed by atoms with Gasteiger partial charge < -0.3 is 14.3 Å². The Morgan fingerprint density at radius 3 is 2.79 bits per heavy atom. The SMILES string of the molecule is CC(=O)N1CCCC1c1nc(C2CN(C(=O)c3nn(C)c4ccccc34)C2)no1. The highest BCUT2D eigenvalue weighted by molar-refractivity contribution is 6.05. The summed E-state index contributed by atoms with van der Waals surface area (Å²) in [7, 11) is 1.84. The molecule has 0 radical (unpaired) electrons. The topological polar surface area (TPSA) is 97.4 Å². The van der Waals surface area contributed by atoms with Crippen molar-refractivity contribution in [1.29, 1.82) is 0 Å². The number of carbonyl (C=O) groups is 2. The van der Waals surface area contributed by atoms with Gasteiger partial charge in [0.25, 0.3) is 5.91 Å². The van der Waals surface area contributed by atoms with Crippen LogP contribution in [0.2, 0.25) is 0 Å². The summed E-state index contributed by atoms with van der Waals surface area (Å²) >= 11 is 0. The molecule has 0 saturated carbocycles. The Hall–Kier alpha value is -3.23. The van der Waals surface area contributed by atoms with Crippen LogP contribution in [0.25, 0.3) is 10.9 Å². The molecule has 9 heteroatoms. The number of para-hydroxylation sites is 1. The molecule has 3 aromatic rings. The van der Waals surface area contributed by atoms with Crippen molar-refractivity contribution in [2.75, 3.05) is 19.6 Å². The van der Waals surface area contributed by atoms with Crippen molar-refractivity contribution in [3.8, 4) is 0 Å². The number of fused-ring (bicyclic) bond motifs is 1. The van der Waals surface area contributed by atoms with Gasteiger partial charge in [-0.3, -0.25) is 14.3 Å². The van der Waals surface area contributed by atoms with E-state index >= 15 is 0 Å². The van der Waals surface area contributed by atoms with Gasteiger partial charge in [0.05, 0.1) is 11.4 Å². The number of likely N-dealkylation sites (tertiary alicyclic amines) is 2. The molecule has 0 aliphatic carbocycles. The number of aromatic nitrogens is 4. The molecule has 9 nitrogen and oxygen atoms in total. The van der Waals surface area contributed by atoms with E-state index < -0.39 is 0 Å². The Kier molecular flexibility index (Phi) is 4.11. The van der Waals surface area contributed by atoms with Gasteiger partial charge in [-0.2, -0.15) is 10.1 Å². The molecule has 1 atom stereocenters. The lowest BCUT2D eigenvalue weighted by atomic mass is 9.98. The van der Waals surface area contributed by atoms with Crippen LogP contribution in [0.1, 0.15) is 53.9 Å². The average molecular weight is 394 g/mol. The Balaban J connectivity index is 1.28. The van der Waals surface area contributed by atoms with Gasteiger partial charge in [0, 0.05) is 39.0 Å². The van der Waals surface area contributed by atoms with Crippen LogP contribution in [-0.4, -0.2) is 61.2 Å². The maximum absolute atomic E-state index is 12.9. The molecule has 0 spiro atoms. The van der Waals surface area contributed by atoms with E-state index in [0.717, 1.165) is 30.3 Å². The lowest BCUT2D eigenvalue weighted by molar-refractivity contribution is -0.130. The Bertz CT molecular complexity index is 1100. The first-order valence-corrected chi connectivity index (χ1v) is 9.84. The second-order valence-corrected chi connectivity index (χ2v) is 7.76. The first kappa shape index (κ1) is 17.8. The van der Waals surface area contributed by atoms with Crippen LogP contribution in [0.5, 0.6) is 0 Å². The molecular formula is C20H22N6O3. The van der Waals surface area contributed by atoms with E-state index in [4.69, 9.17) is 4.52 Å². The van der Waals surface area contributed by atoms with E-state index in [2.05, 4.69) is 15.2 Å². The van der Waals surface area contributed by atoms with Crippen LogP contribution < -0.4 is 0 Å². The summed E-state index contributed by atoms with van der Waals surface area (Å²) in [4.78, 5) is 32.7. The monoisotopic (exact) mass is 394 g/mol. The fourth-order valence-electron chi connectivity index (χ4n) is 4.28. The van der Waals surface area contributed by atoms with E-state index in [1.54, 1.807) is 21.4 Å². The van der Waals surface area contributed by atoms with E-state index in [1.165, 1.54) is 0 Å². The van der Waals surface area contributed by atoms with Gasteiger partial charge in [0.1, 0.15) is 6.04 Å². The summed E-state index contributed by atoms with van der Waals surface area (Å²) in [6.45, 7) is 3.35. The smallest absolute Gasteiger partial charge is 0.275 e. The third kappa shape index (κ3) is 2.88. The van der Waals surface area contributed by atoms with Crippen molar-refractivity contribution in [1.82, 2.24) is 29.7 Å². The molecule has 2 fully saturated rings. The second kappa shape index (κ2) is 6.68. The van der Waals surface area contributed by atoms with Crippen molar-refractivity contribution < 1.29 is 14.1 Å². The minimum Gasteiger partial charge on any atom is -0.337 e. The van der Waals surface area contributed by atoms with Crippen molar-refractivity contribution in [3.63, 3.8) is 0 Å². The molecule has 1 unspecified atom stereocenters. The van der Waals surface area contributed by atoms with Gasteiger partial charge in [-0.05, 0) is 18.9 Å². The Morgan fingerprint density at radius 2 is 2.00 bits per heavy atom. The summed E-state index contributed by atoms with van der Waals surface area (Å²) in [5, 5.41) is 9.38. The van der Waals surface area contributed by atoms with Gasteiger partial charge in [-0.15, -0.1) is 0 Å². The molecule has 2 saturated heterocycles. The van der Waals surface area contributed by atoms with Crippen LogP contribution in [0.4, 0.5) is 0 Å². The highest BCUT2D eigenvalue weighted by Gasteiger charge is 2.38. The standard InChI is InChI=1S/C20H22N6O3/c1-12(27)26-9-5-8-16(26)19-21-18(23-29-19)13-10-25(11-13)20(28)17-14-6-3-4-7-15(14)24(2)22-17/h3-4,6-7,13,16H,5,8-11H2,1-2H3. The van der Waals surface area contributed by atoms with Gasteiger partial charge >= 0.3 is 0 Å². The number of carbonyl (C=O) groups excluding carboxylic acids is 2. The number of hydrogen-bond donors (Lipinski definition) is 0. The highest BCUT2D eigenvalue weighted by atomic mass is 16.5. The van der Waals surface area contributed by atoms with Crippen molar-refractivity contribution in [2.24, 2.45) is 7.05 Å². The third-order valence-electron chi connectivity index (χ3n) is 5.89. The molecule has 2 amide bonds. The molecule has 4 heterocycles. The average Bonchev–Trinajstić information content (AvgIpc) is 3.39. The minimum atomic E-state index is -0.133. The van der Waals surface area contributed by atoms with Crippen LogP contribution in [0.15, 0.2) is 28.8 Å². The van der Waals surface area contributed by atoms with Gasteiger partial charge in [0.15, 0.2) is 11.5 Å². The molecule has 2 aliphatic rings. The summed E-state index contributed by atoms with van der Waals surface area (Å²) in [6.07, 6.45) is 1.77. The van der Waals surface area contributed by atoms with Crippen molar-refractivity contribution in [2.45, 2.75) is 31.7 Å². The fourth-order valence-corrected chi connectivity index (χ4v) is 4.28. The zero-order valence-electron chi connectivity index (χ0n) is 16.4. The van der Waals surface area contributed by atoms with E-state index in [1.807, 2.05) is 31.3 Å². The summed E-state index contributed by atoms with van der Waals surface area (Å²) in [6, 6.07) is 7.58. The van der Waals surface area contributed by atoms with Gasteiger partial charge in [-0.25, -0.2) is 0 Å². The number of rotatable bonds is 3. The summed E-state index contributed by atoms with van der Waals surface area (Å²) in [5.74, 6) is 1.08. The lowest BCUT2D eigenvalue weighted by Gasteiger charge is -2.37. The van der Waals surface area contributed by atoms with Crippen LogP contribution in [0, 0.1) is 0 Å². The van der Waals surface area contributed by atoms with Crippen LogP contribution >= 0.6 is 0 Å².